The van der Waals surface area contributed by atoms with E-state index in [1.165, 1.54) is 12.1 Å². The standard InChI is InChI=1S/C30H29N3O3S/c1-3-4-11-26-19-22(2)29(21-32-37(35,36)27-12-6-5-7-13-27)30(34)33(26)25-17-15-23(16-18-25)28-14-9-8-10-24(28)20-31/h5-10,12-19,32H,3-4,11,21H2,1-2H3. The van der Waals surface area contributed by atoms with Crippen LogP contribution in [-0.2, 0) is 23.0 Å². The van der Waals surface area contributed by atoms with Gasteiger partial charge in [-0.1, -0.05) is 61.9 Å². The summed E-state index contributed by atoms with van der Waals surface area (Å²) in [6.07, 6.45) is 2.63. The molecule has 3 aromatic carbocycles. The van der Waals surface area contributed by atoms with Crippen LogP contribution >= 0.6 is 0 Å². The Balaban J connectivity index is 1.74. The first-order chi connectivity index (χ1) is 17.9. The Kier molecular flexibility index (Phi) is 8.02. The second-order valence-electron chi connectivity index (χ2n) is 8.88. The SMILES string of the molecule is CCCCc1cc(C)c(CNS(=O)(=O)c2ccccc2)c(=O)n1-c1ccc(-c2ccccc2C#N)cc1. The minimum atomic E-state index is -3.76. The van der Waals surface area contributed by atoms with Gasteiger partial charge in [0, 0.05) is 23.5 Å². The molecule has 0 saturated heterocycles. The molecule has 1 heterocycles. The average molecular weight is 512 g/mol. The molecule has 1 aromatic heterocycles. The normalized spacial score (nSPS) is 11.3. The van der Waals surface area contributed by atoms with Crippen LogP contribution in [-0.4, -0.2) is 13.0 Å². The Morgan fingerprint density at radius 3 is 2.30 bits per heavy atom. The second kappa shape index (κ2) is 11.4. The van der Waals surface area contributed by atoms with E-state index in [2.05, 4.69) is 17.7 Å². The number of benzene rings is 3. The Morgan fingerprint density at radius 1 is 0.946 bits per heavy atom. The maximum atomic E-state index is 13.8. The minimum Gasteiger partial charge on any atom is -0.281 e. The number of aromatic nitrogens is 1. The van der Waals surface area contributed by atoms with Crippen molar-refractivity contribution in [2.45, 2.75) is 44.6 Å². The van der Waals surface area contributed by atoms with E-state index in [1.807, 2.05) is 55.5 Å². The van der Waals surface area contributed by atoms with Crippen molar-refractivity contribution >= 4 is 10.0 Å². The van der Waals surface area contributed by atoms with Gasteiger partial charge in [0.2, 0.25) is 10.0 Å². The third-order valence-corrected chi connectivity index (χ3v) is 7.79. The molecule has 0 aliphatic carbocycles. The molecule has 4 aromatic rings. The molecule has 37 heavy (non-hydrogen) atoms. The molecule has 0 unspecified atom stereocenters. The molecular weight excluding hydrogens is 482 g/mol. The van der Waals surface area contributed by atoms with E-state index in [0.29, 0.717) is 16.8 Å². The van der Waals surface area contributed by atoms with Crippen LogP contribution in [0, 0.1) is 18.3 Å². The van der Waals surface area contributed by atoms with Crippen molar-refractivity contribution in [3.63, 3.8) is 0 Å². The number of pyridine rings is 1. The van der Waals surface area contributed by atoms with Crippen molar-refractivity contribution in [3.05, 3.63) is 118 Å². The van der Waals surface area contributed by atoms with Crippen LogP contribution in [0.2, 0.25) is 0 Å². The number of hydrogen-bond acceptors (Lipinski definition) is 4. The number of unbranched alkanes of at least 4 members (excludes halogenated alkanes) is 1. The molecular formula is C30H29N3O3S. The fraction of sp³-hybridized carbons (Fsp3) is 0.200. The van der Waals surface area contributed by atoms with E-state index in [1.54, 1.807) is 28.8 Å². The smallest absolute Gasteiger partial charge is 0.260 e. The highest BCUT2D eigenvalue weighted by molar-refractivity contribution is 7.89. The zero-order valence-corrected chi connectivity index (χ0v) is 21.8. The van der Waals surface area contributed by atoms with Crippen LogP contribution in [0.25, 0.3) is 16.8 Å². The maximum absolute atomic E-state index is 13.8. The Bertz CT molecular complexity index is 1600. The molecule has 0 fully saturated rings. The third-order valence-electron chi connectivity index (χ3n) is 6.37. The largest absolute Gasteiger partial charge is 0.281 e. The number of nitrogens with one attached hydrogen (secondary N) is 1. The summed E-state index contributed by atoms with van der Waals surface area (Å²) in [6.45, 7) is 3.84. The van der Waals surface area contributed by atoms with Gasteiger partial charge in [0.05, 0.1) is 16.5 Å². The number of nitrogens with zero attached hydrogens (tertiary/aromatic N) is 2. The topological polar surface area (TPSA) is 92.0 Å². The fourth-order valence-corrected chi connectivity index (χ4v) is 5.36. The van der Waals surface area contributed by atoms with Gasteiger partial charge in [-0.25, -0.2) is 13.1 Å². The van der Waals surface area contributed by atoms with E-state index in [-0.39, 0.29) is 17.0 Å². The van der Waals surface area contributed by atoms with E-state index in [4.69, 9.17) is 0 Å². The van der Waals surface area contributed by atoms with E-state index < -0.39 is 10.0 Å². The third kappa shape index (κ3) is 5.72. The van der Waals surface area contributed by atoms with E-state index in [9.17, 15) is 18.5 Å². The molecule has 0 atom stereocenters. The summed E-state index contributed by atoms with van der Waals surface area (Å²) in [5.74, 6) is 0. The summed E-state index contributed by atoms with van der Waals surface area (Å²) in [5.41, 5.74) is 4.78. The molecule has 6 nitrogen and oxygen atoms in total. The quantitative estimate of drug-likeness (QED) is 0.321. The maximum Gasteiger partial charge on any atom is 0.260 e. The predicted molar refractivity (Wildman–Crippen MR) is 146 cm³/mol. The van der Waals surface area contributed by atoms with Crippen LogP contribution in [0.4, 0.5) is 0 Å². The molecule has 0 radical (unpaired) electrons. The van der Waals surface area contributed by atoms with Crippen molar-refractivity contribution in [3.8, 4) is 22.9 Å². The van der Waals surface area contributed by atoms with E-state index >= 15 is 0 Å². The predicted octanol–water partition coefficient (Wildman–Crippen LogP) is 5.51. The summed E-state index contributed by atoms with van der Waals surface area (Å²) < 4.78 is 29.8. The first-order valence-electron chi connectivity index (χ1n) is 12.2. The average Bonchev–Trinajstić information content (AvgIpc) is 2.92. The fourth-order valence-electron chi connectivity index (χ4n) is 4.35. The van der Waals surface area contributed by atoms with E-state index in [0.717, 1.165) is 41.6 Å². The molecule has 0 aliphatic heterocycles. The van der Waals surface area contributed by atoms with Crippen molar-refractivity contribution in [2.75, 3.05) is 0 Å². The molecule has 4 rings (SSSR count). The Labute approximate surface area is 217 Å². The highest BCUT2D eigenvalue weighted by Gasteiger charge is 2.18. The molecule has 1 N–H and O–H groups in total. The second-order valence-corrected chi connectivity index (χ2v) is 10.7. The van der Waals surface area contributed by atoms with Gasteiger partial charge in [-0.05, 0) is 72.9 Å². The van der Waals surface area contributed by atoms with Crippen molar-refractivity contribution in [2.24, 2.45) is 0 Å². The van der Waals surface area contributed by atoms with Crippen LogP contribution in [0.5, 0.6) is 0 Å². The molecule has 7 heteroatoms. The van der Waals surface area contributed by atoms with Crippen molar-refractivity contribution in [1.29, 1.82) is 5.26 Å². The molecule has 0 amide bonds. The summed E-state index contributed by atoms with van der Waals surface area (Å²) >= 11 is 0. The Hall–Kier alpha value is -3.99. The molecule has 0 spiro atoms. The van der Waals surface area contributed by atoms with Gasteiger partial charge in [0.25, 0.3) is 5.56 Å². The lowest BCUT2D eigenvalue weighted by Crippen LogP contribution is -2.32. The van der Waals surface area contributed by atoms with Gasteiger partial charge in [0.1, 0.15) is 0 Å². The number of hydrogen-bond donors (Lipinski definition) is 1. The van der Waals surface area contributed by atoms with Gasteiger partial charge in [-0.3, -0.25) is 9.36 Å². The number of sulfonamides is 1. The van der Waals surface area contributed by atoms with Crippen LogP contribution in [0.3, 0.4) is 0 Å². The Morgan fingerprint density at radius 2 is 1.62 bits per heavy atom. The highest BCUT2D eigenvalue weighted by Crippen LogP contribution is 2.25. The first kappa shape index (κ1) is 26.1. The van der Waals surface area contributed by atoms with Gasteiger partial charge in [-0.2, -0.15) is 5.26 Å². The summed E-state index contributed by atoms with van der Waals surface area (Å²) in [5, 5.41) is 9.46. The zero-order chi connectivity index (χ0) is 26.4. The van der Waals surface area contributed by atoms with Crippen molar-refractivity contribution in [1.82, 2.24) is 9.29 Å². The van der Waals surface area contributed by atoms with Crippen LogP contribution in [0.1, 0.15) is 42.1 Å². The minimum absolute atomic E-state index is 0.108. The first-order valence-corrected chi connectivity index (χ1v) is 13.7. The molecule has 0 aliphatic rings. The lowest BCUT2D eigenvalue weighted by atomic mass is 10.00. The van der Waals surface area contributed by atoms with Crippen LogP contribution in [0.15, 0.2) is 94.6 Å². The number of rotatable bonds is 9. The molecule has 188 valence electrons. The van der Waals surface area contributed by atoms with Gasteiger partial charge < -0.3 is 0 Å². The van der Waals surface area contributed by atoms with Crippen LogP contribution < -0.4 is 10.3 Å². The monoisotopic (exact) mass is 511 g/mol. The summed E-state index contributed by atoms with van der Waals surface area (Å²) in [7, 11) is -3.76. The number of nitriles is 1. The highest BCUT2D eigenvalue weighted by atomic mass is 32.2. The van der Waals surface area contributed by atoms with Gasteiger partial charge in [0.15, 0.2) is 0 Å². The van der Waals surface area contributed by atoms with Gasteiger partial charge >= 0.3 is 0 Å². The summed E-state index contributed by atoms with van der Waals surface area (Å²) in [4.78, 5) is 13.9. The summed E-state index contributed by atoms with van der Waals surface area (Å²) in [6, 6.07) is 27.2. The lowest BCUT2D eigenvalue weighted by molar-refractivity contribution is 0.580. The molecule has 0 saturated carbocycles. The number of aryl methyl sites for hydroxylation is 2. The van der Waals surface area contributed by atoms with Gasteiger partial charge in [-0.15, -0.1) is 0 Å². The lowest BCUT2D eigenvalue weighted by Gasteiger charge is -2.18. The molecule has 0 bridgehead atoms. The zero-order valence-electron chi connectivity index (χ0n) is 20.9. The van der Waals surface area contributed by atoms with Crippen molar-refractivity contribution < 1.29 is 8.42 Å².